The van der Waals surface area contributed by atoms with E-state index in [0.29, 0.717) is 0 Å². The molecule has 1 N–H and O–H groups in total. The molecule has 0 aliphatic carbocycles. The predicted molar refractivity (Wildman–Crippen MR) is 73.8 cm³/mol. The smallest absolute Gasteiger partial charge is 0.123 e. The number of ether oxygens (including phenoxy) is 1. The van der Waals surface area contributed by atoms with Gasteiger partial charge in [0.25, 0.3) is 0 Å². The van der Waals surface area contributed by atoms with Crippen molar-refractivity contribution in [1.82, 2.24) is 5.32 Å². The van der Waals surface area contributed by atoms with E-state index in [4.69, 9.17) is 4.74 Å². The van der Waals surface area contributed by atoms with Gasteiger partial charge in [-0.25, -0.2) is 0 Å². The predicted octanol–water partition coefficient (Wildman–Crippen LogP) is 3.45. The van der Waals surface area contributed by atoms with E-state index in [1.165, 1.54) is 21.6 Å². The lowest BCUT2D eigenvalue weighted by molar-refractivity contribution is 0.408. The number of benzene rings is 1. The van der Waals surface area contributed by atoms with Crippen molar-refractivity contribution in [3.05, 3.63) is 40.1 Å². The van der Waals surface area contributed by atoms with Crippen molar-refractivity contribution in [2.45, 2.75) is 13.5 Å². The molecule has 0 bridgehead atoms. The molecule has 90 valence electrons. The summed E-state index contributed by atoms with van der Waals surface area (Å²) in [5.41, 5.74) is 3.73. The van der Waals surface area contributed by atoms with Gasteiger partial charge in [0.1, 0.15) is 5.75 Å². The SMILES string of the molecule is CNCc1cc(-c2csc(C)c2)ccc1OC. The number of nitrogens with one attached hydrogen (secondary N) is 1. The minimum atomic E-state index is 0.820. The second-order valence-electron chi connectivity index (χ2n) is 4.00. The third-order valence-corrected chi connectivity index (χ3v) is 3.57. The van der Waals surface area contributed by atoms with E-state index in [-0.39, 0.29) is 0 Å². The molecule has 1 heterocycles. The third-order valence-electron chi connectivity index (χ3n) is 2.71. The highest BCUT2D eigenvalue weighted by Gasteiger charge is 2.06. The second kappa shape index (κ2) is 5.34. The summed E-state index contributed by atoms with van der Waals surface area (Å²) in [6.07, 6.45) is 0. The standard InChI is InChI=1S/C14H17NOS/c1-10-6-13(9-17-10)11-4-5-14(16-3)12(7-11)8-15-2/h4-7,9,15H,8H2,1-3H3. The molecular weight excluding hydrogens is 230 g/mol. The molecule has 17 heavy (non-hydrogen) atoms. The highest BCUT2D eigenvalue weighted by Crippen LogP contribution is 2.29. The number of hydrogen-bond acceptors (Lipinski definition) is 3. The fourth-order valence-corrected chi connectivity index (χ4v) is 2.59. The Morgan fingerprint density at radius 2 is 2.06 bits per heavy atom. The quantitative estimate of drug-likeness (QED) is 0.893. The van der Waals surface area contributed by atoms with Crippen LogP contribution in [-0.2, 0) is 6.54 Å². The summed E-state index contributed by atoms with van der Waals surface area (Å²) >= 11 is 1.78. The van der Waals surface area contributed by atoms with Gasteiger partial charge >= 0.3 is 0 Å². The Morgan fingerprint density at radius 1 is 1.24 bits per heavy atom. The molecule has 0 atom stereocenters. The van der Waals surface area contributed by atoms with Gasteiger partial charge in [-0.1, -0.05) is 6.07 Å². The minimum Gasteiger partial charge on any atom is -0.496 e. The van der Waals surface area contributed by atoms with Gasteiger partial charge in [0, 0.05) is 17.0 Å². The van der Waals surface area contributed by atoms with E-state index < -0.39 is 0 Å². The number of methoxy groups -OCH3 is 1. The number of thiophene rings is 1. The lowest BCUT2D eigenvalue weighted by Gasteiger charge is -2.09. The molecule has 0 saturated carbocycles. The third kappa shape index (κ3) is 2.68. The first-order valence-corrected chi connectivity index (χ1v) is 6.49. The largest absolute Gasteiger partial charge is 0.496 e. The Kier molecular flexibility index (Phi) is 3.82. The summed E-state index contributed by atoms with van der Waals surface area (Å²) in [7, 11) is 3.66. The molecule has 2 nitrogen and oxygen atoms in total. The van der Waals surface area contributed by atoms with Crippen LogP contribution in [0.1, 0.15) is 10.4 Å². The molecule has 1 aromatic carbocycles. The van der Waals surface area contributed by atoms with Crippen LogP contribution in [0.3, 0.4) is 0 Å². The Hall–Kier alpha value is -1.32. The van der Waals surface area contributed by atoms with Crippen molar-refractivity contribution in [2.24, 2.45) is 0 Å². The van der Waals surface area contributed by atoms with Crippen molar-refractivity contribution < 1.29 is 4.74 Å². The number of hydrogen-bond donors (Lipinski definition) is 1. The number of rotatable bonds is 4. The maximum absolute atomic E-state index is 5.36. The summed E-state index contributed by atoms with van der Waals surface area (Å²) in [5.74, 6) is 0.940. The van der Waals surface area contributed by atoms with Crippen molar-refractivity contribution >= 4 is 11.3 Å². The van der Waals surface area contributed by atoms with Gasteiger partial charge in [0.05, 0.1) is 7.11 Å². The zero-order valence-electron chi connectivity index (χ0n) is 10.4. The van der Waals surface area contributed by atoms with Gasteiger partial charge in [0.15, 0.2) is 0 Å². The van der Waals surface area contributed by atoms with Gasteiger partial charge < -0.3 is 10.1 Å². The highest BCUT2D eigenvalue weighted by atomic mass is 32.1. The molecule has 3 heteroatoms. The molecule has 0 saturated heterocycles. The second-order valence-corrected chi connectivity index (χ2v) is 5.12. The van der Waals surface area contributed by atoms with Crippen molar-refractivity contribution in [3.63, 3.8) is 0 Å². The van der Waals surface area contributed by atoms with Gasteiger partial charge in [0.2, 0.25) is 0 Å². The first-order valence-electron chi connectivity index (χ1n) is 5.61. The van der Waals surface area contributed by atoms with Crippen LogP contribution in [0.5, 0.6) is 5.75 Å². The lowest BCUT2D eigenvalue weighted by atomic mass is 10.0. The normalized spacial score (nSPS) is 10.5. The number of aryl methyl sites for hydroxylation is 1. The summed E-state index contributed by atoms with van der Waals surface area (Å²) in [5, 5.41) is 5.36. The molecule has 0 aliphatic rings. The van der Waals surface area contributed by atoms with Crippen LogP contribution in [0, 0.1) is 6.92 Å². The lowest BCUT2D eigenvalue weighted by Crippen LogP contribution is -2.06. The maximum atomic E-state index is 5.36. The van der Waals surface area contributed by atoms with E-state index in [1.807, 2.05) is 13.1 Å². The first-order chi connectivity index (χ1) is 8.24. The van der Waals surface area contributed by atoms with Crippen LogP contribution in [0.25, 0.3) is 11.1 Å². The topological polar surface area (TPSA) is 21.3 Å². The van der Waals surface area contributed by atoms with Gasteiger partial charge in [-0.3, -0.25) is 0 Å². The van der Waals surface area contributed by atoms with E-state index in [0.717, 1.165) is 12.3 Å². The Balaban J connectivity index is 2.39. The summed E-state index contributed by atoms with van der Waals surface area (Å²) in [6.45, 7) is 2.95. The maximum Gasteiger partial charge on any atom is 0.123 e. The summed E-state index contributed by atoms with van der Waals surface area (Å²) < 4.78 is 5.36. The highest BCUT2D eigenvalue weighted by molar-refractivity contribution is 7.10. The molecule has 0 amide bonds. The van der Waals surface area contributed by atoms with Gasteiger partial charge in [-0.2, -0.15) is 0 Å². The molecule has 1 aromatic heterocycles. The zero-order valence-corrected chi connectivity index (χ0v) is 11.2. The van der Waals surface area contributed by atoms with Crippen LogP contribution < -0.4 is 10.1 Å². The average molecular weight is 247 g/mol. The molecule has 0 fully saturated rings. The van der Waals surface area contributed by atoms with E-state index in [2.05, 4.69) is 35.8 Å². The summed E-state index contributed by atoms with van der Waals surface area (Å²) in [6, 6.07) is 8.56. The van der Waals surface area contributed by atoms with Crippen LogP contribution in [-0.4, -0.2) is 14.2 Å². The van der Waals surface area contributed by atoms with E-state index >= 15 is 0 Å². The molecule has 0 spiro atoms. The fourth-order valence-electron chi connectivity index (χ4n) is 1.88. The Labute approximate surface area is 106 Å². The van der Waals surface area contributed by atoms with Crippen LogP contribution in [0.4, 0.5) is 0 Å². The Bertz CT molecular complexity index is 505. The molecular formula is C14H17NOS. The fraction of sp³-hybridized carbons (Fsp3) is 0.286. The molecule has 2 aromatic rings. The van der Waals surface area contributed by atoms with Crippen molar-refractivity contribution in [2.75, 3.05) is 14.2 Å². The molecule has 0 aliphatic heterocycles. The van der Waals surface area contributed by atoms with Crippen LogP contribution in [0.15, 0.2) is 29.6 Å². The van der Waals surface area contributed by atoms with Crippen molar-refractivity contribution in [1.29, 1.82) is 0 Å². The van der Waals surface area contributed by atoms with Crippen LogP contribution in [0.2, 0.25) is 0 Å². The first kappa shape index (κ1) is 12.1. The van der Waals surface area contributed by atoms with Gasteiger partial charge in [-0.05, 0) is 48.7 Å². The Morgan fingerprint density at radius 3 is 2.65 bits per heavy atom. The monoisotopic (exact) mass is 247 g/mol. The average Bonchev–Trinajstić information content (AvgIpc) is 2.76. The summed E-state index contributed by atoms with van der Waals surface area (Å²) in [4.78, 5) is 1.34. The van der Waals surface area contributed by atoms with Crippen LogP contribution >= 0.6 is 11.3 Å². The van der Waals surface area contributed by atoms with E-state index in [9.17, 15) is 0 Å². The minimum absolute atomic E-state index is 0.820. The zero-order chi connectivity index (χ0) is 12.3. The van der Waals surface area contributed by atoms with Gasteiger partial charge in [-0.15, -0.1) is 11.3 Å². The molecule has 0 unspecified atom stereocenters. The van der Waals surface area contributed by atoms with E-state index in [1.54, 1.807) is 18.4 Å². The molecule has 0 radical (unpaired) electrons. The van der Waals surface area contributed by atoms with Crippen molar-refractivity contribution in [3.8, 4) is 16.9 Å². The molecule has 2 rings (SSSR count).